The molecule has 4 amide bonds. The van der Waals surface area contributed by atoms with E-state index < -0.39 is 32.1 Å². The van der Waals surface area contributed by atoms with E-state index in [9.17, 15) is 26.4 Å². The molecule has 12 heteroatoms. The van der Waals surface area contributed by atoms with Crippen LogP contribution in [-0.2, 0) is 43.7 Å². The van der Waals surface area contributed by atoms with Crippen LogP contribution in [0.2, 0.25) is 0 Å². The third-order valence-corrected chi connectivity index (χ3v) is 10.2. The number of hydrogen-bond acceptors (Lipinski definition) is 6. The van der Waals surface area contributed by atoms with Gasteiger partial charge in [-0.3, -0.25) is 0 Å². The highest BCUT2D eigenvalue weighted by Crippen LogP contribution is 2.25. The third-order valence-electron chi connectivity index (χ3n) is 7.56. The number of fused-ring (bicyclic) bond motifs is 1. The van der Waals surface area contributed by atoms with Crippen LogP contribution in [0.15, 0.2) is 76.5 Å². The zero-order valence-electron chi connectivity index (χ0n) is 25.9. The van der Waals surface area contributed by atoms with Crippen molar-refractivity contribution in [2.45, 2.75) is 75.0 Å². The fourth-order valence-electron chi connectivity index (χ4n) is 4.85. The van der Waals surface area contributed by atoms with Crippen LogP contribution in [0.5, 0.6) is 0 Å². The lowest BCUT2D eigenvalue weighted by Crippen LogP contribution is -2.43. The number of rotatable bonds is 5. The molecular weight excluding hydrogens is 601 g/mol. The fourth-order valence-corrected chi connectivity index (χ4v) is 6.73. The predicted octanol–water partition coefficient (Wildman–Crippen LogP) is 5.29. The molecule has 0 radical (unpaired) electrons. The first-order valence-electron chi connectivity index (χ1n) is 14.3. The molecule has 0 aromatic heterocycles. The van der Waals surface area contributed by atoms with Crippen LogP contribution in [0.25, 0.3) is 0 Å². The Labute approximate surface area is 260 Å². The molecule has 1 aliphatic heterocycles. The number of urea groups is 2. The summed E-state index contributed by atoms with van der Waals surface area (Å²) in [6.07, 6.45) is 0.896. The zero-order chi connectivity index (χ0) is 32.5. The maximum absolute atomic E-state index is 13.0. The molecule has 3 aromatic carbocycles. The Morgan fingerprint density at radius 1 is 0.636 bits per heavy atom. The van der Waals surface area contributed by atoms with Crippen molar-refractivity contribution in [3.05, 3.63) is 89.0 Å². The van der Waals surface area contributed by atoms with E-state index in [1.54, 1.807) is 42.5 Å². The third kappa shape index (κ3) is 7.97. The van der Waals surface area contributed by atoms with Gasteiger partial charge in [-0.25, -0.2) is 35.9 Å². The summed E-state index contributed by atoms with van der Waals surface area (Å²) in [7, 11) is -8.15. The van der Waals surface area contributed by atoms with Crippen LogP contribution < -0.4 is 14.8 Å². The van der Waals surface area contributed by atoms with E-state index in [0.717, 1.165) is 22.3 Å². The molecule has 0 bridgehead atoms. The van der Waals surface area contributed by atoms with Gasteiger partial charge in [0.1, 0.15) is 0 Å². The standard InChI is InChI=1S/C32H40N4O6S2/c1-31(2,3)24-8-13-27(14-9-24)43(39,40)34-29(37)33-26-12-7-22-17-19-36(20-18-23(22)21-26)30(38)35-44(41,42)28-15-10-25(11-16-28)32(4,5)6/h7-16,21H,17-20H2,1-6H3,(H,35,38)(H2,33,34,37). The van der Waals surface area contributed by atoms with Crippen LogP contribution >= 0.6 is 0 Å². The molecule has 0 spiro atoms. The fraction of sp³-hybridized carbons (Fsp3) is 0.375. The van der Waals surface area contributed by atoms with Crippen molar-refractivity contribution < 1.29 is 26.4 Å². The van der Waals surface area contributed by atoms with Crippen LogP contribution in [0.3, 0.4) is 0 Å². The summed E-state index contributed by atoms with van der Waals surface area (Å²) >= 11 is 0. The minimum atomic E-state index is -4.09. The summed E-state index contributed by atoms with van der Waals surface area (Å²) in [4.78, 5) is 27.0. The summed E-state index contributed by atoms with van der Waals surface area (Å²) < 4.78 is 55.5. The van der Waals surface area contributed by atoms with Gasteiger partial charge in [0.05, 0.1) is 9.79 Å². The summed E-state index contributed by atoms with van der Waals surface area (Å²) in [6.45, 7) is 12.7. The van der Waals surface area contributed by atoms with Gasteiger partial charge in [0, 0.05) is 18.8 Å². The van der Waals surface area contributed by atoms with Crippen molar-refractivity contribution in [2.24, 2.45) is 0 Å². The second kappa shape index (κ2) is 12.2. The summed E-state index contributed by atoms with van der Waals surface area (Å²) in [5, 5.41) is 2.57. The van der Waals surface area contributed by atoms with Crippen LogP contribution in [-0.4, -0.2) is 46.9 Å². The Balaban J connectivity index is 1.37. The minimum Gasteiger partial charge on any atom is -0.323 e. The zero-order valence-corrected chi connectivity index (χ0v) is 27.5. The van der Waals surface area contributed by atoms with Crippen molar-refractivity contribution in [3.8, 4) is 0 Å². The van der Waals surface area contributed by atoms with E-state index in [0.29, 0.717) is 25.1 Å². The van der Waals surface area contributed by atoms with Crippen molar-refractivity contribution in [1.82, 2.24) is 14.3 Å². The maximum Gasteiger partial charge on any atom is 0.333 e. The van der Waals surface area contributed by atoms with E-state index in [2.05, 4.69) is 10.0 Å². The molecule has 4 rings (SSSR count). The van der Waals surface area contributed by atoms with Gasteiger partial charge in [-0.2, -0.15) is 0 Å². The topological polar surface area (TPSA) is 142 Å². The molecular formula is C32H40N4O6S2. The van der Waals surface area contributed by atoms with Crippen molar-refractivity contribution in [3.63, 3.8) is 0 Å². The largest absolute Gasteiger partial charge is 0.333 e. The highest BCUT2D eigenvalue weighted by molar-refractivity contribution is 7.90. The quantitative estimate of drug-likeness (QED) is 0.346. The van der Waals surface area contributed by atoms with Crippen LogP contribution in [0.1, 0.15) is 63.8 Å². The number of nitrogens with zero attached hydrogens (tertiary/aromatic N) is 1. The molecule has 0 fully saturated rings. The molecule has 3 aromatic rings. The SMILES string of the molecule is CC(C)(C)c1ccc(S(=O)(=O)NC(=O)Nc2ccc3c(c2)CCN(C(=O)NS(=O)(=O)c2ccc(C(C)(C)C)cc2)CC3)cc1. The van der Waals surface area contributed by atoms with Crippen molar-refractivity contribution in [1.29, 1.82) is 0 Å². The Kier molecular flexibility index (Phi) is 9.18. The van der Waals surface area contributed by atoms with Gasteiger partial charge in [0.25, 0.3) is 20.0 Å². The van der Waals surface area contributed by atoms with Gasteiger partial charge in [-0.05, 0) is 82.3 Å². The second-order valence-corrected chi connectivity index (χ2v) is 16.4. The molecule has 44 heavy (non-hydrogen) atoms. The Morgan fingerprint density at radius 3 is 1.57 bits per heavy atom. The van der Waals surface area contributed by atoms with Gasteiger partial charge in [-0.15, -0.1) is 0 Å². The molecule has 236 valence electrons. The van der Waals surface area contributed by atoms with E-state index in [1.165, 1.54) is 29.2 Å². The first-order valence-corrected chi connectivity index (χ1v) is 17.3. The lowest BCUT2D eigenvalue weighted by atomic mass is 9.87. The van der Waals surface area contributed by atoms with Gasteiger partial charge < -0.3 is 10.2 Å². The minimum absolute atomic E-state index is 0.00915. The monoisotopic (exact) mass is 640 g/mol. The number of amides is 4. The number of nitrogens with one attached hydrogen (secondary N) is 3. The summed E-state index contributed by atoms with van der Waals surface area (Å²) in [5.41, 5.74) is 3.86. The Hall–Kier alpha value is -3.90. The van der Waals surface area contributed by atoms with Gasteiger partial charge in [0.15, 0.2) is 0 Å². The molecule has 3 N–H and O–H groups in total. The van der Waals surface area contributed by atoms with Crippen molar-refractivity contribution in [2.75, 3.05) is 18.4 Å². The number of hydrogen-bond donors (Lipinski definition) is 3. The lowest BCUT2D eigenvalue weighted by Gasteiger charge is -2.21. The molecule has 0 saturated carbocycles. The number of carbonyl (C=O) groups is 2. The second-order valence-electron chi connectivity index (χ2n) is 13.0. The van der Waals surface area contributed by atoms with Crippen molar-refractivity contribution >= 4 is 37.8 Å². The average Bonchev–Trinajstić information content (AvgIpc) is 3.14. The summed E-state index contributed by atoms with van der Waals surface area (Å²) in [6, 6.07) is 16.4. The molecule has 1 heterocycles. The van der Waals surface area contributed by atoms with Gasteiger partial charge in [-0.1, -0.05) is 71.9 Å². The van der Waals surface area contributed by atoms with Gasteiger partial charge in [0.2, 0.25) is 0 Å². The van der Waals surface area contributed by atoms with E-state index in [1.807, 2.05) is 46.3 Å². The molecule has 0 saturated heterocycles. The van der Waals surface area contributed by atoms with E-state index >= 15 is 0 Å². The average molecular weight is 641 g/mol. The first-order chi connectivity index (χ1) is 20.3. The molecule has 0 atom stereocenters. The molecule has 1 aliphatic rings. The molecule has 0 aliphatic carbocycles. The molecule has 10 nitrogen and oxygen atoms in total. The first kappa shape index (κ1) is 33.0. The highest BCUT2D eigenvalue weighted by atomic mass is 32.2. The normalized spacial score (nSPS) is 14.3. The number of anilines is 1. The highest BCUT2D eigenvalue weighted by Gasteiger charge is 2.25. The van der Waals surface area contributed by atoms with E-state index in [-0.39, 0.29) is 27.2 Å². The van der Waals surface area contributed by atoms with Crippen LogP contribution in [0, 0.1) is 0 Å². The predicted molar refractivity (Wildman–Crippen MR) is 171 cm³/mol. The number of carbonyl (C=O) groups excluding carboxylic acids is 2. The van der Waals surface area contributed by atoms with E-state index in [4.69, 9.17) is 0 Å². The van der Waals surface area contributed by atoms with Crippen LogP contribution in [0.4, 0.5) is 15.3 Å². The lowest BCUT2D eigenvalue weighted by molar-refractivity contribution is 0.206. The molecule has 0 unspecified atom stereocenters. The summed E-state index contributed by atoms with van der Waals surface area (Å²) in [5.74, 6) is 0. The number of benzene rings is 3. The Morgan fingerprint density at radius 2 is 1.09 bits per heavy atom. The smallest absolute Gasteiger partial charge is 0.323 e. The number of sulfonamides is 2. The Bertz CT molecular complexity index is 1760. The van der Waals surface area contributed by atoms with Gasteiger partial charge >= 0.3 is 12.1 Å². The maximum atomic E-state index is 13.0.